The topological polar surface area (TPSA) is 37.7 Å². The molecule has 0 spiro atoms. The Hall–Kier alpha value is -2.08. The Labute approximate surface area is 178 Å². The first-order valence-corrected chi connectivity index (χ1v) is 10.5. The van der Waals surface area contributed by atoms with Crippen molar-refractivity contribution in [2.24, 2.45) is 0 Å². The summed E-state index contributed by atoms with van der Waals surface area (Å²) in [6.45, 7) is 14.2. The number of rotatable bonds is 9. The molecule has 0 radical (unpaired) electrons. The first kappa shape index (κ1) is 21.6. The molecule has 2 heterocycles. The van der Waals surface area contributed by atoms with Crippen LogP contribution in [0.1, 0.15) is 21.7 Å². The molecule has 0 bridgehead atoms. The molecule has 3 rings (SSSR count). The van der Waals surface area contributed by atoms with Crippen LogP contribution in [0.3, 0.4) is 0 Å². The minimum Gasteiger partial charge on any atom is -0.491 e. The summed E-state index contributed by atoms with van der Waals surface area (Å²) in [5.41, 5.74) is 2.97. The molecule has 0 saturated carbocycles. The van der Waals surface area contributed by atoms with Crippen molar-refractivity contribution in [3.05, 3.63) is 65.0 Å². The van der Waals surface area contributed by atoms with Gasteiger partial charge in [0.15, 0.2) is 5.78 Å². The van der Waals surface area contributed by atoms with Gasteiger partial charge in [-0.25, -0.2) is 0 Å². The summed E-state index contributed by atoms with van der Waals surface area (Å²) < 4.78 is 7.92. The average molecular weight is 416 g/mol. The van der Waals surface area contributed by atoms with Gasteiger partial charge in [-0.15, -0.1) is 6.58 Å². The number of benzene rings is 1. The van der Waals surface area contributed by atoms with Crippen LogP contribution in [0.4, 0.5) is 0 Å². The van der Waals surface area contributed by atoms with Gasteiger partial charge < -0.3 is 9.30 Å². The maximum absolute atomic E-state index is 12.8. The smallest absolute Gasteiger partial charge is 0.178 e. The number of nitrogens with zero attached hydrogens (tertiary/aromatic N) is 3. The van der Waals surface area contributed by atoms with Crippen LogP contribution in [0.2, 0.25) is 5.02 Å². The molecule has 1 aromatic heterocycles. The first-order valence-electron chi connectivity index (χ1n) is 10.1. The number of ketones is 1. The van der Waals surface area contributed by atoms with Gasteiger partial charge >= 0.3 is 0 Å². The van der Waals surface area contributed by atoms with E-state index in [1.807, 2.05) is 50.3 Å². The fraction of sp³-hybridized carbons (Fsp3) is 0.435. The molecule has 0 aliphatic carbocycles. The van der Waals surface area contributed by atoms with Gasteiger partial charge in [0.2, 0.25) is 0 Å². The summed E-state index contributed by atoms with van der Waals surface area (Å²) in [5, 5.41) is 0.642. The second-order valence-electron chi connectivity index (χ2n) is 7.50. The van der Waals surface area contributed by atoms with Crippen molar-refractivity contribution < 1.29 is 9.53 Å². The number of halogens is 1. The van der Waals surface area contributed by atoms with E-state index in [9.17, 15) is 4.79 Å². The number of carbonyl (C=O) groups is 1. The number of piperazine rings is 1. The largest absolute Gasteiger partial charge is 0.491 e. The number of hydrogen-bond donors (Lipinski definition) is 0. The Bertz CT molecular complexity index is 854. The van der Waals surface area contributed by atoms with E-state index in [-0.39, 0.29) is 5.78 Å². The van der Waals surface area contributed by atoms with E-state index in [2.05, 4.69) is 20.9 Å². The van der Waals surface area contributed by atoms with Gasteiger partial charge in [-0.2, -0.15) is 0 Å². The molecular formula is C23H30ClN3O2. The molecule has 2 aromatic rings. The molecule has 0 amide bonds. The van der Waals surface area contributed by atoms with E-state index in [0.29, 0.717) is 18.2 Å². The molecule has 0 unspecified atom stereocenters. The Morgan fingerprint density at radius 1 is 1.17 bits per heavy atom. The van der Waals surface area contributed by atoms with E-state index in [1.54, 1.807) is 0 Å². The third kappa shape index (κ3) is 5.50. The highest BCUT2D eigenvalue weighted by atomic mass is 35.5. The summed E-state index contributed by atoms with van der Waals surface area (Å²) in [7, 11) is 0. The van der Waals surface area contributed by atoms with Gasteiger partial charge in [-0.1, -0.05) is 29.8 Å². The molecular weight excluding hydrogens is 386 g/mol. The summed E-state index contributed by atoms with van der Waals surface area (Å²) in [4.78, 5) is 17.4. The Balaban J connectivity index is 1.44. The van der Waals surface area contributed by atoms with Crippen LogP contribution in [0.5, 0.6) is 5.75 Å². The third-order valence-electron chi connectivity index (χ3n) is 5.52. The van der Waals surface area contributed by atoms with Crippen molar-refractivity contribution in [3.8, 4) is 5.75 Å². The predicted octanol–water partition coefficient (Wildman–Crippen LogP) is 3.82. The highest BCUT2D eigenvalue weighted by molar-refractivity contribution is 6.32. The van der Waals surface area contributed by atoms with E-state index in [0.717, 1.165) is 62.0 Å². The molecule has 156 valence electrons. The first-order chi connectivity index (χ1) is 14.0. The molecule has 1 aliphatic heterocycles. The molecule has 1 aromatic carbocycles. The molecule has 1 aliphatic rings. The lowest BCUT2D eigenvalue weighted by Crippen LogP contribution is -2.48. The van der Waals surface area contributed by atoms with Crippen molar-refractivity contribution in [2.45, 2.75) is 20.4 Å². The van der Waals surface area contributed by atoms with Crippen molar-refractivity contribution in [3.63, 3.8) is 0 Å². The number of hydrogen-bond acceptors (Lipinski definition) is 4. The highest BCUT2D eigenvalue weighted by Crippen LogP contribution is 2.23. The monoisotopic (exact) mass is 415 g/mol. The zero-order valence-electron chi connectivity index (χ0n) is 17.4. The summed E-state index contributed by atoms with van der Waals surface area (Å²) in [5.74, 6) is 0.927. The Morgan fingerprint density at radius 2 is 1.86 bits per heavy atom. The molecule has 0 atom stereocenters. The quantitative estimate of drug-likeness (QED) is 0.461. The van der Waals surface area contributed by atoms with E-state index in [4.69, 9.17) is 16.3 Å². The van der Waals surface area contributed by atoms with E-state index >= 15 is 0 Å². The number of para-hydroxylation sites is 1. The zero-order valence-corrected chi connectivity index (χ0v) is 18.1. The molecule has 0 N–H and O–H groups in total. The fourth-order valence-corrected chi connectivity index (χ4v) is 3.99. The zero-order chi connectivity index (χ0) is 20.8. The van der Waals surface area contributed by atoms with Crippen molar-refractivity contribution >= 4 is 17.4 Å². The summed E-state index contributed by atoms with van der Waals surface area (Å²) in [6.07, 6.45) is 1.86. The van der Waals surface area contributed by atoms with Crippen LogP contribution in [0.25, 0.3) is 0 Å². The van der Waals surface area contributed by atoms with Gasteiger partial charge in [-0.3, -0.25) is 14.6 Å². The highest BCUT2D eigenvalue weighted by Gasteiger charge is 2.22. The van der Waals surface area contributed by atoms with Gasteiger partial charge in [0.1, 0.15) is 12.4 Å². The number of aryl methyl sites for hydroxylation is 1. The van der Waals surface area contributed by atoms with Crippen LogP contribution in [0.15, 0.2) is 43.0 Å². The molecule has 5 nitrogen and oxygen atoms in total. The molecule has 1 saturated heterocycles. The number of carbonyl (C=O) groups excluding carboxylic acids is 1. The lowest BCUT2D eigenvalue weighted by molar-refractivity contribution is 0.0830. The maximum Gasteiger partial charge on any atom is 0.178 e. The van der Waals surface area contributed by atoms with Crippen LogP contribution >= 0.6 is 11.6 Å². The van der Waals surface area contributed by atoms with Crippen molar-refractivity contribution in [2.75, 3.05) is 45.9 Å². The van der Waals surface area contributed by atoms with Gasteiger partial charge in [0.25, 0.3) is 0 Å². The third-order valence-corrected chi connectivity index (χ3v) is 5.83. The number of aromatic nitrogens is 1. The number of allylic oxidation sites excluding steroid dienone is 1. The van der Waals surface area contributed by atoms with Gasteiger partial charge in [0, 0.05) is 56.2 Å². The second-order valence-corrected chi connectivity index (χ2v) is 7.91. The fourth-order valence-electron chi connectivity index (χ4n) is 3.80. The van der Waals surface area contributed by atoms with Crippen LogP contribution in [0, 0.1) is 13.8 Å². The summed E-state index contributed by atoms with van der Waals surface area (Å²) in [6, 6.07) is 9.54. The maximum atomic E-state index is 12.8. The number of ether oxygens (including phenoxy) is 1. The average Bonchev–Trinajstić information content (AvgIpc) is 2.99. The normalized spacial score (nSPS) is 15.4. The van der Waals surface area contributed by atoms with Crippen LogP contribution < -0.4 is 4.74 Å². The molecule has 1 fully saturated rings. The van der Waals surface area contributed by atoms with Gasteiger partial charge in [-0.05, 0) is 32.0 Å². The van der Waals surface area contributed by atoms with Crippen molar-refractivity contribution in [1.82, 2.24) is 14.4 Å². The standard InChI is InChI=1S/C23H30ClN3O2/c1-4-9-27-18(2)16-20(19(27)3)22(28)17-26-12-10-25(11-13-26)14-15-29-23-8-6-5-7-21(23)24/h4-8,16H,1,9-15,17H2,2-3H3. The lowest BCUT2D eigenvalue weighted by Gasteiger charge is -2.34. The predicted molar refractivity (Wildman–Crippen MR) is 118 cm³/mol. The Morgan fingerprint density at radius 3 is 2.55 bits per heavy atom. The number of Topliss-reactive ketones (excluding diaryl/α,β-unsaturated/α-hetero) is 1. The van der Waals surface area contributed by atoms with Crippen LogP contribution in [-0.2, 0) is 6.54 Å². The SMILES string of the molecule is C=CCn1c(C)cc(C(=O)CN2CCN(CCOc3ccccc3Cl)CC2)c1C. The summed E-state index contributed by atoms with van der Waals surface area (Å²) >= 11 is 6.12. The molecule has 6 heteroatoms. The minimum atomic E-state index is 0.198. The van der Waals surface area contributed by atoms with Crippen molar-refractivity contribution in [1.29, 1.82) is 0 Å². The van der Waals surface area contributed by atoms with E-state index < -0.39 is 0 Å². The Kier molecular flexibility index (Phi) is 7.53. The molecule has 29 heavy (non-hydrogen) atoms. The van der Waals surface area contributed by atoms with Crippen LogP contribution in [-0.4, -0.2) is 66.0 Å². The second kappa shape index (κ2) is 10.1. The lowest BCUT2D eigenvalue weighted by atomic mass is 10.1. The minimum absolute atomic E-state index is 0.198. The van der Waals surface area contributed by atoms with E-state index in [1.165, 1.54) is 0 Å². The van der Waals surface area contributed by atoms with Gasteiger partial charge in [0.05, 0.1) is 11.6 Å².